The molecule has 0 atom stereocenters. The van der Waals surface area contributed by atoms with Gasteiger partial charge in [0.1, 0.15) is 0 Å². The maximum absolute atomic E-state index is 7.36. The summed E-state index contributed by atoms with van der Waals surface area (Å²) in [6.45, 7) is 6.11. The number of furan rings is 4. The van der Waals surface area contributed by atoms with Crippen LogP contribution < -0.4 is 0 Å². The molecule has 0 aliphatic heterocycles. The van der Waals surface area contributed by atoms with Gasteiger partial charge in [-0.1, -0.05) is 217 Å². The number of para-hydroxylation sites is 6. The second-order valence-corrected chi connectivity index (χ2v) is 28.8. The zero-order chi connectivity index (χ0) is 92.1. The third kappa shape index (κ3) is 48.4. The van der Waals surface area contributed by atoms with Gasteiger partial charge in [-0.25, -0.2) is 34.0 Å². The van der Waals surface area contributed by atoms with Crippen molar-refractivity contribution in [2.75, 3.05) is 0 Å². The first-order chi connectivity index (χ1) is 64.2. The van der Waals surface area contributed by atoms with E-state index in [1.807, 2.05) is 157 Å². The van der Waals surface area contributed by atoms with Crippen LogP contribution in [0.2, 0.25) is 0 Å². The van der Waals surface area contributed by atoms with Crippen molar-refractivity contribution in [3.63, 3.8) is 0 Å². The van der Waals surface area contributed by atoms with E-state index < -0.39 is 0 Å². The number of hydrogen-bond acceptors (Lipinski definition) is 10. The van der Waals surface area contributed by atoms with Gasteiger partial charge in [-0.15, -0.1) is 220 Å². The van der Waals surface area contributed by atoms with Crippen LogP contribution in [0.3, 0.4) is 0 Å². The van der Waals surface area contributed by atoms with Crippen LogP contribution >= 0.6 is 34.0 Å². The van der Waals surface area contributed by atoms with E-state index in [0.717, 1.165) is 109 Å². The molecule has 11 nitrogen and oxygen atoms in total. The number of H-pyrrole nitrogens is 3. The molecule has 0 amide bonds. The quantitative estimate of drug-likeness (QED) is 0.128. The molecule has 0 radical (unpaired) electrons. The SMILES string of the molecule is C.C.C.C.C.Cc1cc2[c-]cccc2[nH]1.Cc1cc2[c-]cccc2s1.Cc1cc2ccc[c-]c2o1.[3H]c1cc2[c-]csc2cn1.[3H]c1ccc2[nH]c[c-]c2c1.[3H]c1ccc2[nH]c[c-]c2c1.[3H]c1ccc2ccc[c-]c2c1.[3H]c1ccc2nc[c-]n2c1.[3H]c1ccc2ncc[c-]c2c1.[3H]c1ccc2oc[c-]c2c1.[3H]c1ccc2sc[c-]c2c1.[3H]c1coc2[c-]cccc12.[3H]c1coc2cc[c-]cc12.[U].[U].[U].[U].[U].[U].[U].[U].[U].[U].[U].[U].[U]. The van der Waals surface area contributed by atoms with Crippen LogP contribution in [0.25, 0.3) is 134 Å². The third-order valence-corrected chi connectivity index (χ3v) is 19.9. The van der Waals surface area contributed by atoms with Crippen LogP contribution in [0.5, 0.6) is 0 Å². The number of nitrogens with zero attached hydrogens (tertiary/aromatic N) is 4. The van der Waals surface area contributed by atoms with Gasteiger partial charge in [0.2, 0.25) is 0 Å². The van der Waals surface area contributed by atoms with Gasteiger partial charge >= 0.3 is 0 Å². The molecule has 0 saturated carbocycles. The molecule has 0 aliphatic carbocycles. The summed E-state index contributed by atoms with van der Waals surface area (Å²) in [5.41, 5.74) is 9.20. The van der Waals surface area contributed by atoms with E-state index in [-0.39, 0.29) is 442 Å². The summed E-state index contributed by atoms with van der Waals surface area (Å²) in [6, 6.07) is 121. The van der Waals surface area contributed by atoms with Gasteiger partial charge in [0.15, 0.2) is 0 Å². The number of hydrogen-bond donors (Lipinski definition) is 3. The summed E-state index contributed by atoms with van der Waals surface area (Å²) in [5.74, 6) is 0.942. The van der Waals surface area contributed by atoms with E-state index in [9.17, 15) is 0 Å². The Labute approximate surface area is 1160 Å². The first-order valence-electron chi connectivity index (χ1n) is 42.9. The minimum absolute atomic E-state index is 0. The van der Waals surface area contributed by atoms with E-state index in [1.165, 1.54) is 55.0 Å². The fourth-order valence-electron chi connectivity index (χ4n) is 11.5. The molecule has 0 unspecified atom stereocenters. The zero-order valence-electron chi connectivity index (χ0n) is 82.3. The molecule has 0 spiro atoms. The predicted octanol–water partition coefficient (Wildman–Crippen LogP) is 32.3. The van der Waals surface area contributed by atoms with Crippen LogP contribution in [0.4, 0.5) is 0 Å². The van der Waals surface area contributed by atoms with Crippen molar-refractivity contribution in [2.24, 2.45) is 0 Å². The van der Waals surface area contributed by atoms with Crippen molar-refractivity contribution in [3.8, 4) is 0 Å². The van der Waals surface area contributed by atoms with E-state index in [1.54, 1.807) is 180 Å². The molecule has 140 heavy (non-hydrogen) atoms. The molecule has 0 bridgehead atoms. The molecule has 0 saturated heterocycles. The van der Waals surface area contributed by atoms with Crippen molar-refractivity contribution < 1.29 is 436 Å². The maximum Gasteiger partial charge on any atom is 0.0864 e. The van der Waals surface area contributed by atoms with E-state index in [2.05, 4.69) is 140 Å². The normalized spacial score (nSPS) is 9.94. The summed E-state index contributed by atoms with van der Waals surface area (Å²) in [7, 11) is 0. The van der Waals surface area contributed by atoms with Crippen LogP contribution in [0, 0.1) is 504 Å². The molecule has 27 heteroatoms. The molecule has 3 N–H and O–H groups in total. The number of imidazole rings is 1. The first kappa shape index (κ1) is 127. The number of pyridine rings is 3. The first-order valence-corrected chi connectivity index (χ1v) is 40.4. The van der Waals surface area contributed by atoms with Crippen LogP contribution in [0.1, 0.15) is 67.2 Å². The number of nitrogens with one attached hydrogen (secondary N) is 3. The standard InChI is InChI=1S/C10H7.C9H8N.C9H6N.C9H7O.C9H7S.2C8H6N.3C8H5O.C8H5S.C7H5N2.C7H4NS.5CH4.13U/c1-2-6-10-8-4-3-7-9(10)5-1;1-7-6-8-4-2-3-5-9(8)10-7;1-2-6-9-8(4-1)5-3-7-10-9;2*1-7-6-8-4-2-3-5-9(8)10-7;6*1-2-4-8-7(3-1)5-6-9-8;1-2-5-9-6-4-8-7(9)3-1;1-3-8-5-7-6(1)2-4-9-7;;;;;;;;;;;;;;;;;;/h1-7H;2-3,5-6,10H,1H3;1-4,6-7H;2-4,6H,1H3;2-3,5-6H,1H3;2*1-4,6,9H;2-6H;1-3,5-6H;2*1-4,6H;1-5H;1,3-5H;5*1H4;;;;;;;;;;;;;/q13*-1;;;;;;;;;;;;;;;;;;/i2T;;1T;;;2*1T;2*5T;2*1T;2T;3T;;;;;;;;;;;;;;;;;;. The Morgan fingerprint density at radius 3 is 1.58 bits per heavy atom. The minimum atomic E-state index is 0. The van der Waals surface area contributed by atoms with E-state index in [4.69, 9.17) is 31.4 Å². The van der Waals surface area contributed by atoms with Crippen LogP contribution in [0.15, 0.2) is 406 Å². The summed E-state index contributed by atoms with van der Waals surface area (Å²) >= 11 is 5.07. The molecular weight excluding hydrogens is 4710 g/mol. The Balaban J connectivity index is -0.000000501. The molecule has 14 aromatic heterocycles. The number of aryl methyl sites for hydroxylation is 3. The maximum atomic E-state index is 7.36. The fourth-order valence-corrected chi connectivity index (χ4v) is 13.7. The average molecular weight is 4830 g/mol. The van der Waals surface area contributed by atoms with Crippen molar-refractivity contribution in [1.29, 1.82) is 0 Å². The Bertz CT molecular complexity index is 7210. The Morgan fingerprint density at radius 1 is 0.379 bits per heavy atom. The molecule has 12 aromatic carbocycles. The van der Waals surface area contributed by atoms with Crippen molar-refractivity contribution in [2.45, 2.75) is 57.9 Å². The number of rotatable bonds is 0. The number of aromatic amines is 3. The van der Waals surface area contributed by atoms with Crippen LogP contribution in [-0.2, 0) is 0 Å². The topological polar surface area (TPSA) is 143 Å². The van der Waals surface area contributed by atoms with Gasteiger partial charge in [-0.2, -0.15) is 125 Å². The van der Waals surface area contributed by atoms with Crippen molar-refractivity contribution in [1.82, 2.24) is 34.3 Å². The summed E-state index contributed by atoms with van der Waals surface area (Å²) in [5, 5.41) is 16.9. The zero-order valence-corrected chi connectivity index (χ0v) is 129. The van der Waals surface area contributed by atoms with Crippen LogP contribution in [-0.4, -0.2) is 34.3 Å². The van der Waals surface area contributed by atoms with Gasteiger partial charge < -0.3 is 47.0 Å². The number of fused-ring (bicyclic) bond motifs is 13. The second kappa shape index (κ2) is 83.2. The summed E-state index contributed by atoms with van der Waals surface area (Å²) in [4.78, 5) is 22.5. The van der Waals surface area contributed by atoms with Gasteiger partial charge in [-0.05, 0) is 60.9 Å². The number of thiophene rings is 3. The fraction of sp³-hybridized carbons (Fsp3) is 0.0708. The van der Waals surface area contributed by atoms with Gasteiger partial charge in [0, 0.05) is 446 Å². The Kier molecular flexibility index (Phi) is 75.5. The molecule has 690 valence electrons. The minimum Gasteiger partial charge on any atom is -0.536 e. The monoisotopic (exact) mass is 4830 g/mol. The van der Waals surface area contributed by atoms with Gasteiger partial charge in [0.25, 0.3) is 0 Å². The number of aromatic nitrogens is 7. The van der Waals surface area contributed by atoms with Crippen molar-refractivity contribution in [3.05, 3.63) is 483 Å². The molecule has 0 aliphatic rings. The molecule has 0 fully saturated rings. The molecule has 26 rings (SSSR count). The molecule has 26 aromatic rings. The molecular formula is C113H96N7O4S3U13-13. The Hall–Kier alpha value is -1.51. The van der Waals surface area contributed by atoms with E-state index >= 15 is 0 Å². The smallest absolute Gasteiger partial charge is 0.0864 e. The largest absolute Gasteiger partial charge is 0.536 e. The van der Waals surface area contributed by atoms with E-state index in [0.29, 0.717) is 66.1 Å². The predicted molar refractivity (Wildman–Crippen MR) is 537 cm³/mol. The van der Waals surface area contributed by atoms with Gasteiger partial charge in [0.05, 0.1) is 25.1 Å². The summed E-state index contributed by atoms with van der Waals surface area (Å²) < 4.78 is 98.6. The molecule has 14 heterocycles. The Morgan fingerprint density at radius 2 is 0.907 bits per heavy atom. The third-order valence-electron chi connectivity index (χ3n) is 17.2. The van der Waals surface area contributed by atoms with Gasteiger partial charge in [-0.3, -0.25) is 4.98 Å². The van der Waals surface area contributed by atoms with Crippen molar-refractivity contribution >= 4 is 168 Å². The number of benzene rings is 12. The average Bonchev–Trinajstić information content (AvgIpc) is 1.74. The second-order valence-electron chi connectivity index (χ2n) is 25.7. The summed E-state index contributed by atoms with van der Waals surface area (Å²) in [6.07, 6.45) is 17.7.